The van der Waals surface area contributed by atoms with Crippen molar-refractivity contribution >= 4 is 44.5 Å². The van der Waals surface area contributed by atoms with Crippen molar-refractivity contribution in [2.24, 2.45) is 10.9 Å². The number of rotatable bonds is 9. The summed E-state index contributed by atoms with van der Waals surface area (Å²) < 4.78 is 64.9. The van der Waals surface area contributed by atoms with Gasteiger partial charge in [-0.15, -0.1) is 23.2 Å². The number of pyridine rings is 1. The Labute approximate surface area is 233 Å². The Morgan fingerprint density at radius 2 is 1.58 bits per heavy atom. The molecule has 0 fully saturated rings. The largest absolute Gasteiger partial charge is 1.00 e. The molecule has 2 aromatic carbocycles. The summed E-state index contributed by atoms with van der Waals surface area (Å²) >= 11 is 0. The molecule has 1 N–H and O–H groups in total. The van der Waals surface area contributed by atoms with E-state index in [-0.39, 0.29) is 68.8 Å². The first-order valence-electron chi connectivity index (χ1n) is 10.3. The molecule has 3 nitrogen and oxygen atoms in total. The molecule has 33 heavy (non-hydrogen) atoms. The van der Waals surface area contributed by atoms with Crippen LogP contribution >= 0.6 is 10.2 Å². The third kappa shape index (κ3) is 8.00. The third-order valence-electron chi connectivity index (χ3n) is 4.81. The molecular weight excluding hydrogens is 484 g/mol. The van der Waals surface area contributed by atoms with E-state index >= 15 is 0 Å². The molecule has 3 aromatic rings. The van der Waals surface area contributed by atoms with Gasteiger partial charge in [-0.3, -0.25) is 0 Å². The number of para-hydroxylation sites is 1. The van der Waals surface area contributed by atoms with Gasteiger partial charge in [-0.2, -0.15) is 6.21 Å². The van der Waals surface area contributed by atoms with E-state index in [0.717, 1.165) is 43.2 Å². The van der Waals surface area contributed by atoms with Crippen molar-refractivity contribution in [1.82, 2.24) is 4.98 Å². The zero-order chi connectivity index (χ0) is 23.5. The summed E-state index contributed by atoms with van der Waals surface area (Å²) in [7, 11) is -9.73. The molecule has 0 spiro atoms. The van der Waals surface area contributed by atoms with Gasteiger partial charge in [-0.1, -0.05) is 77.0 Å². The SMILES string of the molecule is CCCC([C-]=Nc1[c-]c2ccccc2nc1Nc1ccc(S(F)(F)(F)(F)F)cc1)CCC.[K+]. The summed E-state index contributed by atoms with van der Waals surface area (Å²) in [5.41, 5.74) is 1.12. The van der Waals surface area contributed by atoms with Crippen LogP contribution in [-0.4, -0.2) is 11.2 Å². The molecule has 1 aromatic heterocycles. The topological polar surface area (TPSA) is 37.3 Å². The molecule has 3 rings (SSSR count). The Morgan fingerprint density at radius 1 is 0.970 bits per heavy atom. The van der Waals surface area contributed by atoms with Crippen molar-refractivity contribution < 1.29 is 70.8 Å². The zero-order valence-corrected chi connectivity index (χ0v) is 22.7. The van der Waals surface area contributed by atoms with E-state index in [9.17, 15) is 19.4 Å². The Balaban J connectivity index is 0.00000385. The van der Waals surface area contributed by atoms with Gasteiger partial charge in [0.15, 0.2) is 0 Å². The molecule has 0 amide bonds. The zero-order valence-electron chi connectivity index (χ0n) is 18.7. The summed E-state index contributed by atoms with van der Waals surface area (Å²) in [6.07, 6.45) is 6.96. The second-order valence-electron chi connectivity index (χ2n) is 7.58. The molecule has 0 aliphatic heterocycles. The average molecular weight is 509 g/mol. The van der Waals surface area contributed by atoms with Gasteiger partial charge in [0.05, 0.1) is 0 Å². The van der Waals surface area contributed by atoms with Crippen LogP contribution < -0.4 is 56.7 Å². The molecule has 0 saturated heterocycles. The molecule has 0 aliphatic rings. The van der Waals surface area contributed by atoms with Crippen molar-refractivity contribution in [2.45, 2.75) is 44.4 Å². The monoisotopic (exact) mass is 508 g/mol. The van der Waals surface area contributed by atoms with Gasteiger partial charge >= 0.3 is 61.6 Å². The van der Waals surface area contributed by atoms with Gasteiger partial charge in [0.25, 0.3) is 0 Å². The maximum absolute atomic E-state index is 13.0. The smallest absolute Gasteiger partial charge is 0.472 e. The first-order chi connectivity index (χ1) is 14.9. The van der Waals surface area contributed by atoms with Crippen molar-refractivity contribution in [2.75, 3.05) is 5.32 Å². The number of anilines is 2. The molecule has 1 heterocycles. The van der Waals surface area contributed by atoms with Crippen LogP contribution in [0.25, 0.3) is 10.9 Å². The molecule has 0 saturated carbocycles. The van der Waals surface area contributed by atoms with Gasteiger partial charge in [0.2, 0.25) is 0 Å². The van der Waals surface area contributed by atoms with Gasteiger partial charge in [-0.05, 0) is 35.6 Å². The molecule has 0 unspecified atom stereocenters. The van der Waals surface area contributed by atoms with Crippen molar-refractivity contribution in [3.63, 3.8) is 0 Å². The van der Waals surface area contributed by atoms with Crippen LogP contribution in [0.4, 0.5) is 36.6 Å². The normalized spacial score (nSPS) is 14.2. The molecule has 10 heteroatoms. The van der Waals surface area contributed by atoms with Crippen LogP contribution in [0.2, 0.25) is 0 Å². The van der Waals surface area contributed by atoms with E-state index in [0.29, 0.717) is 23.3 Å². The van der Waals surface area contributed by atoms with E-state index in [1.165, 1.54) is 0 Å². The number of benzene rings is 2. The molecule has 0 aliphatic carbocycles. The predicted molar refractivity (Wildman–Crippen MR) is 122 cm³/mol. The van der Waals surface area contributed by atoms with Crippen molar-refractivity contribution in [1.29, 1.82) is 0 Å². The summed E-state index contributed by atoms with van der Waals surface area (Å²) in [6.45, 7) is 4.16. The van der Waals surface area contributed by atoms with E-state index < -0.39 is 15.1 Å². The summed E-state index contributed by atoms with van der Waals surface area (Å²) in [5, 5.41) is 3.60. The summed E-state index contributed by atoms with van der Waals surface area (Å²) in [4.78, 5) is 7.00. The maximum Gasteiger partial charge on any atom is 1.00 e. The molecule has 0 atom stereocenters. The van der Waals surface area contributed by atoms with Crippen molar-refractivity contribution in [3.8, 4) is 0 Å². The minimum Gasteiger partial charge on any atom is -0.472 e. The Hall–Kier alpha value is -1.04. The van der Waals surface area contributed by atoms with Crippen LogP contribution in [0, 0.1) is 12.0 Å². The third-order valence-corrected chi connectivity index (χ3v) is 5.97. The fourth-order valence-electron chi connectivity index (χ4n) is 3.26. The van der Waals surface area contributed by atoms with E-state index in [1.807, 2.05) is 12.1 Å². The standard InChI is InChI=1S/C23H24F5N3S.K/c1-3-7-17(8-4-2)16-29-22-15-18-9-5-6-10-21(18)31-23(22)30-19-11-13-20(14-12-19)32(24,25,26,27)28;/h5-6,9-14,17H,3-4,7-8H2,1-2H3,(H,30,31);/q-2;+1. The number of fused-ring (bicyclic) bond motifs is 1. The first kappa shape index (κ1) is 28.2. The van der Waals surface area contributed by atoms with E-state index in [1.54, 1.807) is 12.1 Å². The number of hydrogen-bond donors (Lipinski definition) is 1. The van der Waals surface area contributed by atoms with E-state index in [2.05, 4.69) is 41.4 Å². The van der Waals surface area contributed by atoms with Gasteiger partial charge in [-0.25, -0.2) is 6.07 Å². The molecule has 0 radical (unpaired) electrons. The second kappa shape index (κ2) is 10.3. The van der Waals surface area contributed by atoms with Gasteiger partial charge in [0, 0.05) is 5.69 Å². The quantitative estimate of drug-likeness (QED) is 0.161. The number of hydrogen-bond acceptors (Lipinski definition) is 3. The fraction of sp³-hybridized carbons (Fsp3) is 0.304. The summed E-state index contributed by atoms with van der Waals surface area (Å²) in [5.74, 6) is 0.414. The number of aromatic nitrogens is 1. The molecule has 174 valence electrons. The average Bonchev–Trinajstić information content (AvgIpc) is 2.71. The van der Waals surface area contributed by atoms with E-state index in [4.69, 9.17) is 0 Å². The molecule has 0 bridgehead atoms. The second-order valence-corrected chi connectivity index (χ2v) is 9.99. The minimum absolute atomic E-state index is 0. The summed E-state index contributed by atoms with van der Waals surface area (Å²) in [6, 6.07) is 13.0. The fourth-order valence-corrected chi connectivity index (χ4v) is 3.91. The van der Waals surface area contributed by atoms with Crippen LogP contribution in [0.1, 0.15) is 39.5 Å². The van der Waals surface area contributed by atoms with Gasteiger partial charge < -0.3 is 15.3 Å². The first-order valence-corrected chi connectivity index (χ1v) is 12.2. The predicted octanol–water partition coefficient (Wildman–Crippen LogP) is 6.24. The Morgan fingerprint density at radius 3 is 2.15 bits per heavy atom. The number of halogens is 5. The van der Waals surface area contributed by atoms with Crippen LogP contribution in [0.3, 0.4) is 0 Å². The maximum atomic E-state index is 13.0. The number of aliphatic imine (C=N–C) groups is 1. The Kier molecular flexibility index (Phi) is 8.79. The number of nitrogens with zero attached hydrogens (tertiary/aromatic N) is 2. The number of nitrogens with one attached hydrogen (secondary N) is 1. The van der Waals surface area contributed by atoms with Crippen LogP contribution in [0.5, 0.6) is 0 Å². The minimum atomic E-state index is -9.73. The van der Waals surface area contributed by atoms with Crippen LogP contribution in [0.15, 0.2) is 58.4 Å². The van der Waals surface area contributed by atoms with Crippen LogP contribution in [-0.2, 0) is 0 Å². The van der Waals surface area contributed by atoms with Crippen molar-refractivity contribution in [3.05, 3.63) is 54.6 Å². The van der Waals surface area contributed by atoms with Gasteiger partial charge in [0.1, 0.15) is 4.90 Å². The Bertz CT molecular complexity index is 1110. The molecular formula is C23H24F5KN3S-.